The molecule has 2 fully saturated rings. The Balaban J connectivity index is 1.49. The number of likely N-dealkylation sites (tertiary alicyclic amines) is 1. The minimum Gasteiger partial charge on any atom is -0.367 e. The number of anilines is 1. The minimum atomic E-state index is 0.120. The molecule has 1 saturated carbocycles. The van der Waals surface area contributed by atoms with E-state index < -0.39 is 0 Å². The fraction of sp³-hybridized carbons (Fsp3) is 0.400. The molecule has 0 radical (unpaired) electrons. The van der Waals surface area contributed by atoms with Crippen molar-refractivity contribution in [1.29, 1.82) is 0 Å². The van der Waals surface area contributed by atoms with Crippen molar-refractivity contribution in [2.24, 2.45) is 0 Å². The third-order valence-corrected chi connectivity index (χ3v) is 5.16. The Morgan fingerprint density at radius 2 is 1.88 bits per heavy atom. The second kappa shape index (κ2) is 6.63. The molecule has 1 N–H and O–H groups in total. The summed E-state index contributed by atoms with van der Waals surface area (Å²) in [7, 11) is 0. The normalized spacial score (nSPS) is 20.7. The molecule has 4 rings (SSSR count). The summed E-state index contributed by atoms with van der Waals surface area (Å²) >= 11 is 0. The number of amides is 1. The summed E-state index contributed by atoms with van der Waals surface area (Å²) in [5.41, 5.74) is 1.90. The first-order valence-electron chi connectivity index (χ1n) is 8.90. The molecule has 1 atom stereocenters. The van der Waals surface area contributed by atoms with Crippen LogP contribution in [0, 0.1) is 0 Å². The van der Waals surface area contributed by atoms with Gasteiger partial charge in [-0.05, 0) is 55.9 Å². The Morgan fingerprint density at radius 1 is 1.04 bits per heavy atom. The maximum Gasteiger partial charge on any atom is 0.254 e. The van der Waals surface area contributed by atoms with Crippen molar-refractivity contribution in [3.8, 4) is 0 Å². The number of carbonyl (C=O) groups is 1. The van der Waals surface area contributed by atoms with Gasteiger partial charge in [0.1, 0.15) is 5.82 Å². The SMILES string of the molecule is O=C(c1ccccc1)N1CCC[C@H]1c1ccc(NC2CCC2)nc1. The summed E-state index contributed by atoms with van der Waals surface area (Å²) in [6.45, 7) is 0.820. The molecule has 2 aliphatic rings. The van der Waals surface area contributed by atoms with Crippen LogP contribution in [0.15, 0.2) is 48.7 Å². The lowest BCUT2D eigenvalue weighted by Crippen LogP contribution is -2.30. The van der Waals surface area contributed by atoms with Gasteiger partial charge in [-0.2, -0.15) is 0 Å². The minimum absolute atomic E-state index is 0.120. The van der Waals surface area contributed by atoms with Crippen LogP contribution in [0.25, 0.3) is 0 Å². The maximum absolute atomic E-state index is 12.8. The lowest BCUT2D eigenvalue weighted by molar-refractivity contribution is 0.0735. The zero-order chi connectivity index (χ0) is 16.4. The van der Waals surface area contributed by atoms with Crippen LogP contribution in [0.4, 0.5) is 5.82 Å². The van der Waals surface area contributed by atoms with Gasteiger partial charge in [-0.1, -0.05) is 24.3 Å². The molecule has 1 aliphatic heterocycles. The first-order valence-corrected chi connectivity index (χ1v) is 8.90. The number of carbonyl (C=O) groups excluding carboxylic acids is 1. The van der Waals surface area contributed by atoms with Crippen LogP contribution in [-0.4, -0.2) is 28.4 Å². The molecular formula is C20H23N3O. The van der Waals surface area contributed by atoms with Crippen LogP contribution in [0.1, 0.15) is 54.1 Å². The van der Waals surface area contributed by atoms with Gasteiger partial charge in [0.15, 0.2) is 0 Å². The van der Waals surface area contributed by atoms with Gasteiger partial charge in [0.2, 0.25) is 0 Å². The fourth-order valence-corrected chi connectivity index (χ4v) is 3.55. The second-order valence-electron chi connectivity index (χ2n) is 6.77. The number of benzene rings is 1. The predicted octanol–water partition coefficient (Wildman–Crippen LogP) is 4.02. The van der Waals surface area contributed by atoms with E-state index in [0.717, 1.165) is 36.3 Å². The van der Waals surface area contributed by atoms with Gasteiger partial charge in [-0.3, -0.25) is 4.79 Å². The third-order valence-electron chi connectivity index (χ3n) is 5.16. The van der Waals surface area contributed by atoms with E-state index in [2.05, 4.69) is 22.4 Å². The van der Waals surface area contributed by atoms with Gasteiger partial charge in [0.25, 0.3) is 5.91 Å². The number of nitrogens with one attached hydrogen (secondary N) is 1. The number of hydrogen-bond acceptors (Lipinski definition) is 3. The number of pyridine rings is 1. The number of nitrogens with zero attached hydrogens (tertiary/aromatic N) is 2. The maximum atomic E-state index is 12.8. The molecule has 4 heteroatoms. The van der Waals surface area contributed by atoms with Crippen LogP contribution in [0.2, 0.25) is 0 Å². The Labute approximate surface area is 142 Å². The van der Waals surface area contributed by atoms with Crippen molar-refractivity contribution < 1.29 is 4.79 Å². The summed E-state index contributed by atoms with van der Waals surface area (Å²) in [5.74, 6) is 1.07. The van der Waals surface area contributed by atoms with Crippen molar-refractivity contribution in [1.82, 2.24) is 9.88 Å². The standard InChI is InChI=1S/C20H23N3O/c24-20(15-6-2-1-3-7-15)23-13-5-10-18(23)16-11-12-19(21-14-16)22-17-8-4-9-17/h1-3,6-7,11-12,14,17-18H,4-5,8-10,13H2,(H,21,22)/t18-/m0/s1. The largest absolute Gasteiger partial charge is 0.367 e. The molecule has 1 amide bonds. The zero-order valence-corrected chi connectivity index (χ0v) is 13.8. The number of hydrogen-bond donors (Lipinski definition) is 1. The third kappa shape index (κ3) is 3.01. The number of aromatic nitrogens is 1. The van der Waals surface area contributed by atoms with Gasteiger partial charge in [0, 0.05) is 24.3 Å². The highest BCUT2D eigenvalue weighted by atomic mass is 16.2. The Hall–Kier alpha value is -2.36. The monoisotopic (exact) mass is 321 g/mol. The summed E-state index contributed by atoms with van der Waals surface area (Å²) in [4.78, 5) is 19.3. The van der Waals surface area contributed by atoms with E-state index in [1.807, 2.05) is 41.4 Å². The van der Waals surface area contributed by atoms with Crippen molar-refractivity contribution >= 4 is 11.7 Å². The van der Waals surface area contributed by atoms with E-state index in [1.165, 1.54) is 19.3 Å². The lowest BCUT2D eigenvalue weighted by Gasteiger charge is -2.27. The molecule has 24 heavy (non-hydrogen) atoms. The molecule has 0 unspecified atom stereocenters. The molecule has 124 valence electrons. The summed E-state index contributed by atoms with van der Waals surface area (Å²) < 4.78 is 0. The molecular weight excluding hydrogens is 298 g/mol. The quantitative estimate of drug-likeness (QED) is 0.925. The van der Waals surface area contributed by atoms with Crippen LogP contribution in [0.3, 0.4) is 0 Å². The molecule has 1 saturated heterocycles. The topological polar surface area (TPSA) is 45.2 Å². The Kier molecular flexibility index (Phi) is 4.20. The van der Waals surface area contributed by atoms with Crippen LogP contribution in [-0.2, 0) is 0 Å². The van der Waals surface area contributed by atoms with Gasteiger partial charge >= 0.3 is 0 Å². The lowest BCUT2D eigenvalue weighted by atomic mass is 9.93. The average Bonchev–Trinajstić information content (AvgIpc) is 3.08. The molecule has 1 aliphatic carbocycles. The number of rotatable bonds is 4. The van der Waals surface area contributed by atoms with Crippen molar-refractivity contribution in [3.05, 3.63) is 59.8 Å². The molecule has 4 nitrogen and oxygen atoms in total. The first kappa shape index (κ1) is 15.2. The highest BCUT2D eigenvalue weighted by molar-refractivity contribution is 5.94. The first-order chi connectivity index (χ1) is 11.8. The van der Waals surface area contributed by atoms with Gasteiger partial charge < -0.3 is 10.2 Å². The molecule has 1 aromatic heterocycles. The molecule has 0 bridgehead atoms. The molecule has 2 aromatic rings. The highest BCUT2D eigenvalue weighted by Crippen LogP contribution is 2.33. The summed E-state index contributed by atoms with van der Waals surface area (Å²) in [6.07, 6.45) is 7.79. The van der Waals surface area contributed by atoms with Crippen molar-refractivity contribution in [3.63, 3.8) is 0 Å². The second-order valence-corrected chi connectivity index (χ2v) is 6.77. The van der Waals surface area contributed by atoms with Gasteiger partial charge in [0.05, 0.1) is 6.04 Å². The van der Waals surface area contributed by atoms with Crippen molar-refractivity contribution in [2.45, 2.75) is 44.2 Å². The van der Waals surface area contributed by atoms with Gasteiger partial charge in [-0.25, -0.2) is 4.98 Å². The van der Waals surface area contributed by atoms with E-state index in [1.54, 1.807) is 0 Å². The zero-order valence-electron chi connectivity index (χ0n) is 13.8. The Morgan fingerprint density at radius 3 is 2.54 bits per heavy atom. The smallest absolute Gasteiger partial charge is 0.254 e. The molecule has 1 aromatic carbocycles. The fourth-order valence-electron chi connectivity index (χ4n) is 3.55. The van der Waals surface area contributed by atoms with E-state index in [-0.39, 0.29) is 11.9 Å². The summed E-state index contributed by atoms with van der Waals surface area (Å²) in [5, 5.41) is 3.46. The predicted molar refractivity (Wildman–Crippen MR) is 95.0 cm³/mol. The summed E-state index contributed by atoms with van der Waals surface area (Å²) in [6, 6.07) is 14.5. The molecule has 0 spiro atoms. The van der Waals surface area contributed by atoms with E-state index in [0.29, 0.717) is 6.04 Å². The van der Waals surface area contributed by atoms with Gasteiger partial charge in [-0.15, -0.1) is 0 Å². The highest BCUT2D eigenvalue weighted by Gasteiger charge is 2.30. The van der Waals surface area contributed by atoms with Crippen molar-refractivity contribution in [2.75, 3.05) is 11.9 Å². The van der Waals surface area contributed by atoms with E-state index in [9.17, 15) is 4.79 Å². The molecule has 2 heterocycles. The van der Waals surface area contributed by atoms with Crippen LogP contribution >= 0.6 is 0 Å². The van der Waals surface area contributed by atoms with Crippen LogP contribution < -0.4 is 5.32 Å². The van der Waals surface area contributed by atoms with Crippen LogP contribution in [0.5, 0.6) is 0 Å². The Bertz CT molecular complexity index is 695. The van der Waals surface area contributed by atoms with E-state index in [4.69, 9.17) is 0 Å². The average molecular weight is 321 g/mol. The van der Waals surface area contributed by atoms with E-state index >= 15 is 0 Å².